The third-order valence-electron chi connectivity index (χ3n) is 3.52. The van der Waals surface area contributed by atoms with Crippen LogP contribution in [-0.4, -0.2) is 19.0 Å². The van der Waals surface area contributed by atoms with Crippen molar-refractivity contribution < 1.29 is 9.47 Å². The molecule has 0 radical (unpaired) electrons. The Balaban J connectivity index is 2.02. The molecule has 0 N–H and O–H groups in total. The Morgan fingerprint density at radius 3 is 2.53 bits per heavy atom. The van der Waals surface area contributed by atoms with Crippen LogP contribution in [0.1, 0.15) is 33.3 Å². The van der Waals surface area contributed by atoms with Gasteiger partial charge in [0.1, 0.15) is 0 Å². The first-order valence-electron chi connectivity index (χ1n) is 6.99. The van der Waals surface area contributed by atoms with Crippen LogP contribution in [0.4, 0.5) is 0 Å². The molecule has 1 aliphatic rings. The Bertz CT molecular complexity index is 420. The van der Waals surface area contributed by atoms with Crippen LogP contribution in [0.2, 0.25) is 0 Å². The van der Waals surface area contributed by atoms with Gasteiger partial charge in [0.05, 0.1) is 12.7 Å². The maximum Gasteiger partial charge on any atom is 0.177 e. The molecule has 2 heteroatoms. The van der Waals surface area contributed by atoms with Crippen LogP contribution in [0.3, 0.4) is 0 Å². The molecule has 0 aromatic heterocycles. The van der Waals surface area contributed by atoms with Gasteiger partial charge in [0.25, 0.3) is 0 Å². The summed E-state index contributed by atoms with van der Waals surface area (Å²) in [6.07, 6.45) is 4.05. The van der Waals surface area contributed by atoms with Crippen LogP contribution in [0, 0.1) is 11.3 Å². The highest BCUT2D eigenvalue weighted by molar-refractivity contribution is 5.49. The van der Waals surface area contributed by atoms with E-state index in [0.29, 0.717) is 5.92 Å². The quantitative estimate of drug-likeness (QED) is 0.813. The minimum Gasteiger partial charge on any atom is -0.348 e. The molecule has 1 aliphatic heterocycles. The molecule has 1 aromatic carbocycles. The molecule has 0 spiro atoms. The minimum absolute atomic E-state index is 0.0747. The number of hydrogen-bond acceptors (Lipinski definition) is 2. The summed E-state index contributed by atoms with van der Waals surface area (Å²) in [4.78, 5) is 0. The van der Waals surface area contributed by atoms with Crippen molar-refractivity contribution in [1.29, 1.82) is 0 Å². The van der Waals surface area contributed by atoms with E-state index in [1.165, 1.54) is 5.56 Å². The highest BCUT2D eigenvalue weighted by atomic mass is 16.7. The van der Waals surface area contributed by atoms with Crippen LogP contribution < -0.4 is 0 Å². The fourth-order valence-corrected chi connectivity index (χ4v) is 2.66. The molecular weight excluding hydrogens is 236 g/mol. The van der Waals surface area contributed by atoms with Crippen LogP contribution >= 0.6 is 0 Å². The second-order valence-corrected chi connectivity index (χ2v) is 6.24. The van der Waals surface area contributed by atoms with Gasteiger partial charge in [-0.15, -0.1) is 0 Å². The van der Waals surface area contributed by atoms with E-state index in [1.807, 2.05) is 24.3 Å². The molecule has 1 fully saturated rings. The van der Waals surface area contributed by atoms with Crippen molar-refractivity contribution in [3.05, 3.63) is 42.0 Å². The fourth-order valence-electron chi connectivity index (χ4n) is 2.66. The van der Waals surface area contributed by atoms with Crippen molar-refractivity contribution >= 4 is 6.08 Å². The zero-order chi connectivity index (χ0) is 13.9. The molecule has 1 aromatic rings. The number of hydrogen-bond donors (Lipinski definition) is 0. The average molecular weight is 260 g/mol. The first-order valence-corrected chi connectivity index (χ1v) is 6.99. The maximum atomic E-state index is 6.08. The van der Waals surface area contributed by atoms with Gasteiger partial charge in [0.15, 0.2) is 6.29 Å². The van der Waals surface area contributed by atoms with Gasteiger partial charge in [-0.2, -0.15) is 0 Å². The predicted octanol–water partition coefficient (Wildman–Crippen LogP) is 4.12. The van der Waals surface area contributed by atoms with E-state index < -0.39 is 0 Å². The Labute approximate surface area is 116 Å². The normalized spacial score (nSPS) is 27.0. The van der Waals surface area contributed by atoms with E-state index in [1.54, 1.807) is 0 Å². The van der Waals surface area contributed by atoms with E-state index in [2.05, 4.69) is 45.9 Å². The first-order chi connectivity index (χ1) is 8.99. The summed E-state index contributed by atoms with van der Waals surface area (Å²) < 4.78 is 11.9. The molecule has 0 amide bonds. The second-order valence-electron chi connectivity index (χ2n) is 6.24. The summed E-state index contributed by atoms with van der Waals surface area (Å²) in [5.41, 5.74) is 1.24. The van der Waals surface area contributed by atoms with E-state index in [0.717, 1.165) is 6.61 Å². The van der Waals surface area contributed by atoms with E-state index >= 15 is 0 Å². The molecule has 0 bridgehead atoms. The molecule has 104 valence electrons. The molecule has 19 heavy (non-hydrogen) atoms. The maximum absolute atomic E-state index is 6.08. The summed E-state index contributed by atoms with van der Waals surface area (Å²) in [6, 6.07) is 10.2. The monoisotopic (exact) mass is 260 g/mol. The Kier molecular flexibility index (Phi) is 4.43. The van der Waals surface area contributed by atoms with Crippen molar-refractivity contribution in [2.75, 3.05) is 6.61 Å². The van der Waals surface area contributed by atoms with Crippen molar-refractivity contribution in [2.45, 2.75) is 40.1 Å². The minimum atomic E-state index is -0.236. The smallest absolute Gasteiger partial charge is 0.177 e. The van der Waals surface area contributed by atoms with Gasteiger partial charge in [-0.3, -0.25) is 0 Å². The van der Waals surface area contributed by atoms with E-state index in [4.69, 9.17) is 9.47 Å². The SMILES string of the molecule is CC(C)[C@@H]1O[C@H](C=Cc2ccccc2)OCC1(C)C. The van der Waals surface area contributed by atoms with Gasteiger partial charge in [0.2, 0.25) is 0 Å². The second kappa shape index (κ2) is 5.89. The van der Waals surface area contributed by atoms with Crippen molar-refractivity contribution in [2.24, 2.45) is 11.3 Å². The lowest BCUT2D eigenvalue weighted by Crippen LogP contribution is -2.47. The zero-order valence-corrected chi connectivity index (χ0v) is 12.3. The zero-order valence-electron chi connectivity index (χ0n) is 12.3. The summed E-state index contributed by atoms with van der Waals surface area (Å²) >= 11 is 0. The Morgan fingerprint density at radius 2 is 1.89 bits per heavy atom. The molecule has 1 saturated heterocycles. The average Bonchev–Trinajstić information content (AvgIpc) is 2.38. The highest BCUT2D eigenvalue weighted by Gasteiger charge is 2.39. The lowest BCUT2D eigenvalue weighted by atomic mass is 9.80. The standard InChI is InChI=1S/C17H24O2/c1-13(2)16-17(3,4)12-18-15(19-16)11-10-14-8-6-5-7-9-14/h5-11,13,15-16H,12H2,1-4H3/t15-,16+/m1/s1. The van der Waals surface area contributed by atoms with Crippen molar-refractivity contribution in [1.82, 2.24) is 0 Å². The van der Waals surface area contributed by atoms with E-state index in [9.17, 15) is 0 Å². The van der Waals surface area contributed by atoms with Crippen LogP contribution in [0.25, 0.3) is 6.08 Å². The fraction of sp³-hybridized carbons (Fsp3) is 0.529. The number of ether oxygens (including phenoxy) is 2. The van der Waals surface area contributed by atoms with E-state index in [-0.39, 0.29) is 17.8 Å². The molecule has 2 atom stereocenters. The predicted molar refractivity (Wildman–Crippen MR) is 78.7 cm³/mol. The van der Waals surface area contributed by atoms with Gasteiger partial charge in [-0.25, -0.2) is 0 Å². The Hall–Kier alpha value is -1.12. The van der Waals surface area contributed by atoms with Gasteiger partial charge in [0, 0.05) is 5.41 Å². The van der Waals surface area contributed by atoms with Gasteiger partial charge in [-0.1, -0.05) is 64.1 Å². The third kappa shape index (κ3) is 3.68. The number of benzene rings is 1. The molecule has 0 aliphatic carbocycles. The van der Waals surface area contributed by atoms with Gasteiger partial charge in [-0.05, 0) is 17.6 Å². The Morgan fingerprint density at radius 1 is 1.21 bits per heavy atom. The molecule has 2 nitrogen and oxygen atoms in total. The summed E-state index contributed by atoms with van der Waals surface area (Å²) in [6.45, 7) is 9.55. The van der Waals surface area contributed by atoms with Gasteiger partial charge >= 0.3 is 0 Å². The largest absolute Gasteiger partial charge is 0.348 e. The highest BCUT2D eigenvalue weighted by Crippen LogP contribution is 2.34. The summed E-state index contributed by atoms with van der Waals surface area (Å²) in [5.74, 6) is 0.492. The molecule has 1 heterocycles. The lowest BCUT2D eigenvalue weighted by molar-refractivity contribution is -0.249. The van der Waals surface area contributed by atoms with Crippen molar-refractivity contribution in [3.8, 4) is 0 Å². The van der Waals surface area contributed by atoms with Gasteiger partial charge < -0.3 is 9.47 Å². The van der Waals surface area contributed by atoms with Crippen molar-refractivity contribution in [3.63, 3.8) is 0 Å². The first kappa shape index (κ1) is 14.3. The molecule has 2 rings (SSSR count). The molecular formula is C17H24O2. The third-order valence-corrected chi connectivity index (χ3v) is 3.52. The molecule has 0 unspecified atom stereocenters. The van der Waals surface area contributed by atoms with Crippen LogP contribution in [0.15, 0.2) is 36.4 Å². The number of rotatable bonds is 3. The van der Waals surface area contributed by atoms with Crippen LogP contribution in [0.5, 0.6) is 0 Å². The topological polar surface area (TPSA) is 18.5 Å². The summed E-state index contributed by atoms with van der Waals surface area (Å²) in [7, 11) is 0. The van der Waals surface area contributed by atoms with Crippen LogP contribution in [-0.2, 0) is 9.47 Å². The molecule has 0 saturated carbocycles. The summed E-state index contributed by atoms with van der Waals surface area (Å²) in [5, 5.41) is 0. The lowest BCUT2D eigenvalue weighted by Gasteiger charge is -2.43.